The van der Waals surface area contributed by atoms with Crippen molar-refractivity contribution >= 4 is 21.5 Å². The van der Waals surface area contributed by atoms with Crippen LogP contribution in [-0.4, -0.2) is 65.8 Å². The number of anilines is 1. The average Bonchev–Trinajstić information content (AvgIpc) is 3.52. The lowest BCUT2D eigenvalue weighted by molar-refractivity contribution is 0.383. The van der Waals surface area contributed by atoms with Gasteiger partial charge in [0.25, 0.3) is 0 Å². The van der Waals surface area contributed by atoms with Crippen molar-refractivity contribution in [1.29, 1.82) is 0 Å². The van der Waals surface area contributed by atoms with Crippen molar-refractivity contribution in [2.45, 2.75) is 30.6 Å². The van der Waals surface area contributed by atoms with E-state index < -0.39 is 10.0 Å². The summed E-state index contributed by atoms with van der Waals surface area (Å²) in [7, 11) is -1.97. The zero-order valence-corrected chi connectivity index (χ0v) is 17.8. The highest BCUT2D eigenvalue weighted by Gasteiger charge is 2.31. The van der Waals surface area contributed by atoms with Gasteiger partial charge in [0.05, 0.1) is 12.0 Å². The number of sulfonamides is 1. The molecule has 1 saturated carbocycles. The lowest BCUT2D eigenvalue weighted by Crippen LogP contribution is -2.49. The topological polar surface area (TPSA) is 92.9 Å². The van der Waals surface area contributed by atoms with Crippen LogP contribution < -0.4 is 9.64 Å². The Hall–Kier alpha value is -2.72. The molecule has 5 rings (SSSR count). The molecule has 1 aliphatic heterocycles. The van der Waals surface area contributed by atoms with Gasteiger partial charge in [-0.2, -0.15) is 8.82 Å². The molecule has 0 atom stereocenters. The highest BCUT2D eigenvalue weighted by atomic mass is 32.2. The first-order valence-electron chi connectivity index (χ1n) is 10.1. The smallest absolute Gasteiger partial charge is 0.243 e. The van der Waals surface area contributed by atoms with E-state index in [1.807, 2.05) is 23.6 Å². The van der Waals surface area contributed by atoms with E-state index in [0.29, 0.717) is 42.7 Å². The second kappa shape index (κ2) is 7.21. The van der Waals surface area contributed by atoms with E-state index in [1.165, 1.54) is 4.31 Å². The molecule has 3 heterocycles. The number of piperazine rings is 1. The van der Waals surface area contributed by atoms with Crippen molar-refractivity contribution in [1.82, 2.24) is 24.1 Å². The Balaban J connectivity index is 1.33. The Morgan fingerprint density at radius 1 is 1.03 bits per heavy atom. The van der Waals surface area contributed by atoms with Crippen molar-refractivity contribution in [3.8, 4) is 5.75 Å². The number of nitrogens with zero attached hydrogens (tertiary/aromatic N) is 6. The molecule has 2 fully saturated rings. The molecule has 0 unspecified atom stereocenters. The SMILES string of the molecule is COc1ccc(S(=O)(=O)N2CCN(c3ccc4nnc(C5CC5)n4n3)CC2)cc1C. The second-order valence-electron chi connectivity index (χ2n) is 7.82. The number of rotatable bonds is 5. The van der Waals surface area contributed by atoms with Crippen LogP contribution in [-0.2, 0) is 10.0 Å². The van der Waals surface area contributed by atoms with Crippen molar-refractivity contribution in [3.63, 3.8) is 0 Å². The van der Waals surface area contributed by atoms with Crippen LogP contribution in [0.1, 0.15) is 30.1 Å². The maximum absolute atomic E-state index is 13.1. The summed E-state index contributed by atoms with van der Waals surface area (Å²) in [5.74, 6) is 2.88. The summed E-state index contributed by atoms with van der Waals surface area (Å²) in [5.41, 5.74) is 1.55. The lowest BCUT2D eigenvalue weighted by atomic mass is 10.2. The Labute approximate surface area is 175 Å². The standard InChI is InChI=1S/C20H24N6O3S/c1-14-13-16(5-6-17(14)29-2)30(27,28)25-11-9-24(10-12-25)19-8-7-18-21-22-20(15-3-4-15)26(18)23-19/h5-8,13,15H,3-4,9-12H2,1-2H3. The van der Waals surface area contributed by atoms with Gasteiger partial charge in [-0.3, -0.25) is 0 Å². The van der Waals surface area contributed by atoms with Gasteiger partial charge in [-0.1, -0.05) is 0 Å². The summed E-state index contributed by atoms with van der Waals surface area (Å²) >= 11 is 0. The summed E-state index contributed by atoms with van der Waals surface area (Å²) in [6, 6.07) is 8.83. The fourth-order valence-corrected chi connectivity index (χ4v) is 5.39. The first-order valence-corrected chi connectivity index (χ1v) is 11.5. The molecule has 9 nitrogen and oxygen atoms in total. The van der Waals surface area contributed by atoms with E-state index in [2.05, 4.69) is 15.1 Å². The van der Waals surface area contributed by atoms with Gasteiger partial charge in [0.2, 0.25) is 10.0 Å². The van der Waals surface area contributed by atoms with Crippen LogP contribution in [0.4, 0.5) is 5.82 Å². The summed E-state index contributed by atoms with van der Waals surface area (Å²) in [5, 5.41) is 13.2. The van der Waals surface area contributed by atoms with Gasteiger partial charge < -0.3 is 9.64 Å². The van der Waals surface area contributed by atoms with Crippen LogP contribution in [0.25, 0.3) is 5.65 Å². The van der Waals surface area contributed by atoms with Gasteiger partial charge in [-0.25, -0.2) is 8.42 Å². The van der Waals surface area contributed by atoms with Gasteiger partial charge in [0.1, 0.15) is 11.6 Å². The van der Waals surface area contributed by atoms with Crippen molar-refractivity contribution in [2.75, 3.05) is 38.2 Å². The summed E-state index contributed by atoms with van der Waals surface area (Å²) in [4.78, 5) is 2.41. The fraction of sp³-hybridized carbons (Fsp3) is 0.450. The molecule has 1 saturated heterocycles. The molecule has 0 spiro atoms. The first-order chi connectivity index (χ1) is 14.5. The van der Waals surface area contributed by atoms with Gasteiger partial charge in [0.15, 0.2) is 11.5 Å². The van der Waals surface area contributed by atoms with Gasteiger partial charge in [-0.15, -0.1) is 15.3 Å². The molecule has 10 heteroatoms. The zero-order valence-electron chi connectivity index (χ0n) is 17.0. The van der Waals surface area contributed by atoms with E-state index in [4.69, 9.17) is 9.84 Å². The molecule has 30 heavy (non-hydrogen) atoms. The monoisotopic (exact) mass is 428 g/mol. The first kappa shape index (κ1) is 19.3. The Bertz CT molecular complexity index is 1200. The molecule has 2 aliphatic rings. The van der Waals surface area contributed by atoms with Crippen LogP contribution in [0, 0.1) is 6.92 Å². The third kappa shape index (κ3) is 3.29. The number of benzene rings is 1. The summed E-state index contributed by atoms with van der Waals surface area (Å²) in [6.07, 6.45) is 2.27. The molecule has 3 aromatic rings. The van der Waals surface area contributed by atoms with Gasteiger partial charge in [0, 0.05) is 32.1 Å². The van der Waals surface area contributed by atoms with E-state index in [-0.39, 0.29) is 0 Å². The van der Waals surface area contributed by atoms with Crippen molar-refractivity contribution in [3.05, 3.63) is 41.7 Å². The molecule has 158 valence electrons. The van der Waals surface area contributed by atoms with Crippen molar-refractivity contribution < 1.29 is 13.2 Å². The number of methoxy groups -OCH3 is 1. The maximum atomic E-state index is 13.1. The van der Waals surface area contributed by atoms with Gasteiger partial charge >= 0.3 is 0 Å². The number of hydrogen-bond donors (Lipinski definition) is 0. The third-order valence-corrected chi connectivity index (χ3v) is 7.68. The predicted octanol–water partition coefficient (Wildman–Crippen LogP) is 1.83. The zero-order chi connectivity index (χ0) is 20.9. The lowest BCUT2D eigenvalue weighted by Gasteiger charge is -2.34. The average molecular weight is 429 g/mol. The van der Waals surface area contributed by atoms with E-state index >= 15 is 0 Å². The second-order valence-corrected chi connectivity index (χ2v) is 9.75. The molecule has 0 N–H and O–H groups in total. The normalized spacial score (nSPS) is 18.1. The maximum Gasteiger partial charge on any atom is 0.243 e. The van der Waals surface area contributed by atoms with Crippen LogP contribution in [0.5, 0.6) is 5.75 Å². The Morgan fingerprint density at radius 3 is 2.47 bits per heavy atom. The van der Waals surface area contributed by atoms with Crippen LogP contribution in [0.15, 0.2) is 35.2 Å². The number of ether oxygens (including phenoxy) is 1. The van der Waals surface area contributed by atoms with Crippen LogP contribution in [0.3, 0.4) is 0 Å². The molecule has 0 amide bonds. The quantitative estimate of drug-likeness (QED) is 0.612. The number of aromatic nitrogens is 4. The van der Waals surface area contributed by atoms with Crippen LogP contribution >= 0.6 is 0 Å². The van der Waals surface area contributed by atoms with Crippen LogP contribution in [0.2, 0.25) is 0 Å². The highest BCUT2D eigenvalue weighted by Crippen LogP contribution is 2.38. The molecule has 2 aromatic heterocycles. The predicted molar refractivity (Wildman–Crippen MR) is 111 cm³/mol. The van der Waals surface area contributed by atoms with E-state index in [1.54, 1.807) is 25.3 Å². The Morgan fingerprint density at radius 2 is 1.80 bits per heavy atom. The number of hydrogen-bond acceptors (Lipinski definition) is 7. The van der Waals surface area contributed by atoms with Gasteiger partial charge in [-0.05, 0) is 55.7 Å². The minimum Gasteiger partial charge on any atom is -0.496 e. The summed E-state index contributed by atoms with van der Waals surface area (Å²) < 4.78 is 34.8. The molecule has 1 aliphatic carbocycles. The largest absolute Gasteiger partial charge is 0.496 e. The Kier molecular flexibility index (Phi) is 4.62. The van der Waals surface area contributed by atoms with E-state index in [0.717, 1.165) is 35.7 Å². The molecule has 0 bridgehead atoms. The molecular formula is C20H24N6O3S. The number of fused-ring (bicyclic) bond motifs is 1. The third-order valence-electron chi connectivity index (χ3n) is 5.78. The minimum absolute atomic E-state index is 0.298. The van der Waals surface area contributed by atoms with E-state index in [9.17, 15) is 8.42 Å². The van der Waals surface area contributed by atoms with Crippen molar-refractivity contribution in [2.24, 2.45) is 0 Å². The highest BCUT2D eigenvalue weighted by molar-refractivity contribution is 7.89. The molecule has 1 aromatic carbocycles. The summed E-state index contributed by atoms with van der Waals surface area (Å²) in [6.45, 7) is 3.82. The number of aryl methyl sites for hydroxylation is 1. The molecular weight excluding hydrogens is 404 g/mol. The fourth-order valence-electron chi connectivity index (χ4n) is 3.88. The molecule has 0 radical (unpaired) electrons. The minimum atomic E-state index is -3.55.